The van der Waals surface area contributed by atoms with Gasteiger partial charge in [0.2, 0.25) is 11.8 Å². The highest BCUT2D eigenvalue weighted by Gasteiger charge is 2.35. The van der Waals surface area contributed by atoms with E-state index in [0.29, 0.717) is 5.56 Å². The molecule has 0 bridgehead atoms. The van der Waals surface area contributed by atoms with Crippen LogP contribution in [0.4, 0.5) is 0 Å². The van der Waals surface area contributed by atoms with Gasteiger partial charge in [0.1, 0.15) is 0 Å². The Balaban J connectivity index is 1.75. The topological polar surface area (TPSA) is 108 Å². The first-order chi connectivity index (χ1) is 11.0. The second-order valence-electron chi connectivity index (χ2n) is 4.70. The van der Waals surface area contributed by atoms with Gasteiger partial charge in [-0.25, -0.2) is 0 Å². The molecule has 2 rings (SSSR count). The maximum absolute atomic E-state index is 12.1. The molecule has 1 aromatic rings. The molecule has 0 saturated heterocycles. The second-order valence-corrected chi connectivity index (χ2v) is 5.68. The predicted molar refractivity (Wildman–Crippen MR) is 84.0 cm³/mol. The summed E-state index contributed by atoms with van der Waals surface area (Å²) in [5, 5.41) is 5.08. The largest absolute Gasteiger partial charge is 0.358 e. The Morgan fingerprint density at radius 3 is 2.57 bits per heavy atom. The number of hydrogen-bond donors (Lipinski definition) is 2. The highest BCUT2D eigenvalue weighted by Crippen LogP contribution is 2.20. The summed E-state index contributed by atoms with van der Waals surface area (Å²) in [6.45, 7) is 0.260. The molecule has 1 aliphatic heterocycles. The summed E-state index contributed by atoms with van der Waals surface area (Å²) in [4.78, 5) is 51.7. The van der Waals surface area contributed by atoms with E-state index < -0.39 is 5.91 Å². The lowest BCUT2D eigenvalue weighted by Gasteiger charge is -2.14. The lowest BCUT2D eigenvalue weighted by Crippen LogP contribution is -2.38. The molecule has 0 radical (unpaired) electrons. The molecular formula is C14H16N4O4S. The van der Waals surface area contributed by atoms with Crippen LogP contribution >= 0.6 is 11.8 Å². The van der Waals surface area contributed by atoms with Crippen LogP contribution in [0.2, 0.25) is 0 Å². The summed E-state index contributed by atoms with van der Waals surface area (Å²) in [5.41, 5.74) is 0.613. The number of amides is 4. The van der Waals surface area contributed by atoms with E-state index in [1.54, 1.807) is 0 Å². The Morgan fingerprint density at radius 2 is 1.87 bits per heavy atom. The molecule has 1 aliphatic rings. The molecule has 8 nitrogen and oxygen atoms in total. The fraction of sp³-hybridized carbons (Fsp3) is 0.357. The van der Waals surface area contributed by atoms with Gasteiger partial charge in [-0.3, -0.25) is 29.1 Å². The standard InChI is InChI=1S/C14H16N4O4S/c1-15-11(19)7-23-8-12(20)17-4-5-18-13(21)9-2-3-16-6-10(9)14(18)22/h2-3,6H,4-5,7-8H2,1H3,(H,15,19)(H,17,20). The Bertz CT molecular complexity index is 614. The van der Waals surface area contributed by atoms with Crippen LogP contribution in [0.1, 0.15) is 20.7 Å². The molecule has 2 N–H and O–H groups in total. The molecule has 2 heterocycles. The monoisotopic (exact) mass is 336 g/mol. The van der Waals surface area contributed by atoms with Crippen molar-refractivity contribution in [1.82, 2.24) is 20.5 Å². The van der Waals surface area contributed by atoms with E-state index >= 15 is 0 Å². The number of thioether (sulfide) groups is 1. The minimum absolute atomic E-state index is 0.0954. The van der Waals surface area contributed by atoms with Crippen molar-refractivity contribution < 1.29 is 19.2 Å². The molecule has 9 heteroatoms. The number of carbonyl (C=O) groups excluding carboxylic acids is 4. The molecular weight excluding hydrogens is 320 g/mol. The molecule has 0 unspecified atom stereocenters. The van der Waals surface area contributed by atoms with Crippen molar-refractivity contribution in [3.8, 4) is 0 Å². The van der Waals surface area contributed by atoms with Crippen molar-refractivity contribution in [2.75, 3.05) is 31.6 Å². The van der Waals surface area contributed by atoms with Gasteiger partial charge in [-0.05, 0) is 6.07 Å². The SMILES string of the molecule is CNC(=O)CSCC(=O)NCCN1C(=O)c2ccncc2C1=O. The van der Waals surface area contributed by atoms with Crippen LogP contribution in [0.15, 0.2) is 18.5 Å². The third-order valence-corrected chi connectivity index (χ3v) is 4.11. The maximum Gasteiger partial charge on any atom is 0.263 e. The van der Waals surface area contributed by atoms with Gasteiger partial charge in [0.15, 0.2) is 0 Å². The first-order valence-electron chi connectivity index (χ1n) is 6.90. The summed E-state index contributed by atoms with van der Waals surface area (Å²) in [6, 6.07) is 1.50. The number of imide groups is 1. The van der Waals surface area contributed by atoms with Crippen molar-refractivity contribution in [3.63, 3.8) is 0 Å². The number of pyridine rings is 1. The highest BCUT2D eigenvalue weighted by atomic mass is 32.2. The normalized spacial score (nSPS) is 13.0. The van der Waals surface area contributed by atoms with Crippen molar-refractivity contribution in [1.29, 1.82) is 0 Å². The van der Waals surface area contributed by atoms with E-state index in [-0.39, 0.29) is 47.9 Å². The van der Waals surface area contributed by atoms with Gasteiger partial charge in [-0.15, -0.1) is 11.8 Å². The van der Waals surface area contributed by atoms with Gasteiger partial charge in [0.25, 0.3) is 11.8 Å². The molecule has 0 fully saturated rings. The van der Waals surface area contributed by atoms with Gasteiger partial charge in [-0.1, -0.05) is 0 Å². The quantitative estimate of drug-likeness (QED) is 0.636. The van der Waals surface area contributed by atoms with Crippen LogP contribution < -0.4 is 10.6 Å². The van der Waals surface area contributed by atoms with Crippen molar-refractivity contribution in [2.24, 2.45) is 0 Å². The summed E-state index contributed by atoms with van der Waals surface area (Å²) < 4.78 is 0. The number of aromatic nitrogens is 1. The van der Waals surface area contributed by atoms with Crippen molar-refractivity contribution in [3.05, 3.63) is 29.6 Å². The van der Waals surface area contributed by atoms with Gasteiger partial charge in [0.05, 0.1) is 22.6 Å². The molecule has 0 aromatic carbocycles. The zero-order chi connectivity index (χ0) is 16.8. The number of rotatable bonds is 7. The van der Waals surface area contributed by atoms with Gasteiger partial charge >= 0.3 is 0 Å². The zero-order valence-corrected chi connectivity index (χ0v) is 13.3. The molecule has 0 atom stereocenters. The number of nitrogens with one attached hydrogen (secondary N) is 2. The second kappa shape index (κ2) is 7.73. The van der Waals surface area contributed by atoms with Crippen LogP contribution in [0.5, 0.6) is 0 Å². The molecule has 1 aromatic heterocycles. The minimum atomic E-state index is -0.402. The smallest absolute Gasteiger partial charge is 0.263 e. The predicted octanol–water partition coefficient (Wildman–Crippen LogP) is -0.727. The third-order valence-electron chi connectivity index (χ3n) is 3.17. The Kier molecular flexibility index (Phi) is 5.69. The minimum Gasteiger partial charge on any atom is -0.358 e. The van der Waals surface area contributed by atoms with Crippen LogP contribution in [-0.2, 0) is 9.59 Å². The molecule has 23 heavy (non-hydrogen) atoms. The van der Waals surface area contributed by atoms with Crippen LogP contribution in [0.25, 0.3) is 0 Å². The Labute approximate surface area is 137 Å². The average molecular weight is 336 g/mol. The number of carbonyl (C=O) groups is 4. The fourth-order valence-corrected chi connectivity index (χ4v) is 2.72. The Hall–Kier alpha value is -2.42. The highest BCUT2D eigenvalue weighted by molar-refractivity contribution is 8.00. The van der Waals surface area contributed by atoms with E-state index in [9.17, 15) is 19.2 Å². The molecule has 122 valence electrons. The van der Waals surface area contributed by atoms with Crippen LogP contribution in [0, 0.1) is 0 Å². The van der Waals surface area contributed by atoms with Crippen LogP contribution in [0.3, 0.4) is 0 Å². The fourth-order valence-electron chi connectivity index (χ4n) is 2.00. The molecule has 0 spiro atoms. The zero-order valence-electron chi connectivity index (χ0n) is 12.5. The Morgan fingerprint density at radius 1 is 1.17 bits per heavy atom. The third kappa shape index (κ3) is 4.07. The maximum atomic E-state index is 12.1. The van der Waals surface area contributed by atoms with E-state index in [2.05, 4.69) is 15.6 Å². The summed E-state index contributed by atoms with van der Waals surface area (Å²) >= 11 is 1.19. The number of fused-ring (bicyclic) bond motifs is 1. The molecule has 0 saturated carbocycles. The van der Waals surface area contributed by atoms with Crippen molar-refractivity contribution >= 4 is 35.4 Å². The van der Waals surface area contributed by atoms with Gasteiger partial charge in [0, 0.05) is 32.5 Å². The number of hydrogen-bond acceptors (Lipinski definition) is 6. The van der Waals surface area contributed by atoms with E-state index in [4.69, 9.17) is 0 Å². The molecule has 0 aliphatic carbocycles. The summed E-state index contributed by atoms with van der Waals surface area (Å²) in [6.07, 6.45) is 2.82. The first kappa shape index (κ1) is 16.9. The van der Waals surface area contributed by atoms with Crippen molar-refractivity contribution in [2.45, 2.75) is 0 Å². The van der Waals surface area contributed by atoms with Crippen LogP contribution in [-0.4, -0.2) is 65.2 Å². The lowest BCUT2D eigenvalue weighted by molar-refractivity contribution is -0.118. The number of nitrogens with zero attached hydrogens (tertiary/aromatic N) is 2. The van der Waals surface area contributed by atoms with E-state index in [1.165, 1.54) is 37.3 Å². The van der Waals surface area contributed by atoms with Gasteiger partial charge < -0.3 is 10.6 Å². The average Bonchev–Trinajstić information content (AvgIpc) is 2.80. The summed E-state index contributed by atoms with van der Waals surface area (Å²) in [7, 11) is 1.53. The first-order valence-corrected chi connectivity index (χ1v) is 8.05. The lowest BCUT2D eigenvalue weighted by atomic mass is 10.2. The molecule has 4 amide bonds. The van der Waals surface area contributed by atoms with Gasteiger partial charge in [-0.2, -0.15) is 0 Å². The van der Waals surface area contributed by atoms with E-state index in [1.807, 2.05) is 0 Å². The van der Waals surface area contributed by atoms with E-state index in [0.717, 1.165) is 4.90 Å². The summed E-state index contributed by atoms with van der Waals surface area (Å²) in [5.74, 6) is -0.842.